The fourth-order valence-corrected chi connectivity index (χ4v) is 3.73. The summed E-state index contributed by atoms with van der Waals surface area (Å²) in [6.45, 7) is 8.48. The number of hydrogen-bond donors (Lipinski definition) is 0. The molecule has 1 atom stereocenters. The summed E-state index contributed by atoms with van der Waals surface area (Å²) >= 11 is 0. The lowest BCUT2D eigenvalue weighted by Crippen LogP contribution is -2.46. The van der Waals surface area contributed by atoms with Crippen molar-refractivity contribution in [2.75, 3.05) is 59.2 Å². The Hall–Kier alpha value is -0.490. The zero-order valence-corrected chi connectivity index (χ0v) is 12.3. The van der Waals surface area contributed by atoms with Gasteiger partial charge in [-0.1, -0.05) is 0 Å². The van der Waals surface area contributed by atoms with E-state index >= 15 is 0 Å². The van der Waals surface area contributed by atoms with Crippen molar-refractivity contribution < 1.29 is 14.3 Å². The van der Waals surface area contributed by atoms with Gasteiger partial charge < -0.3 is 19.2 Å². The maximum Gasteiger partial charge on any atom is 0.127 e. The van der Waals surface area contributed by atoms with Gasteiger partial charge in [-0.15, -0.1) is 0 Å². The van der Waals surface area contributed by atoms with Crippen molar-refractivity contribution in [1.82, 2.24) is 9.80 Å². The van der Waals surface area contributed by atoms with Crippen LogP contribution >= 0.6 is 0 Å². The zero-order chi connectivity index (χ0) is 13.8. The van der Waals surface area contributed by atoms with Crippen LogP contribution in [0, 0.1) is 5.41 Å². The van der Waals surface area contributed by atoms with Crippen LogP contribution in [0.2, 0.25) is 0 Å². The lowest BCUT2D eigenvalue weighted by Gasteiger charge is -2.36. The van der Waals surface area contributed by atoms with Gasteiger partial charge in [0.2, 0.25) is 0 Å². The number of morpholine rings is 1. The number of hydrogen-bond acceptors (Lipinski definition) is 5. The van der Waals surface area contributed by atoms with E-state index in [0.29, 0.717) is 6.04 Å². The Labute approximate surface area is 121 Å². The molecule has 114 valence electrons. The van der Waals surface area contributed by atoms with Gasteiger partial charge in [0.25, 0.3) is 0 Å². The highest BCUT2D eigenvalue weighted by Gasteiger charge is 2.37. The Morgan fingerprint density at radius 1 is 1.05 bits per heavy atom. The molecule has 0 aliphatic carbocycles. The minimum absolute atomic E-state index is 0.155. The van der Waals surface area contributed by atoms with Gasteiger partial charge in [0, 0.05) is 50.8 Å². The van der Waals surface area contributed by atoms with Crippen LogP contribution in [-0.2, 0) is 14.3 Å². The molecular formula is C15H26N2O3. The molecule has 0 N–H and O–H groups in total. The van der Waals surface area contributed by atoms with E-state index in [1.807, 2.05) is 0 Å². The predicted molar refractivity (Wildman–Crippen MR) is 75.8 cm³/mol. The fraction of sp³-hybridized carbons (Fsp3) is 0.933. The number of carbonyl (C=O) groups excluding carboxylic acids is 1. The van der Waals surface area contributed by atoms with Gasteiger partial charge in [-0.25, -0.2) is 0 Å². The van der Waals surface area contributed by atoms with Crippen molar-refractivity contribution >= 4 is 6.29 Å². The van der Waals surface area contributed by atoms with Gasteiger partial charge in [0.1, 0.15) is 6.29 Å². The van der Waals surface area contributed by atoms with Crippen LogP contribution in [-0.4, -0.2) is 81.3 Å². The topological polar surface area (TPSA) is 42.0 Å². The van der Waals surface area contributed by atoms with E-state index < -0.39 is 0 Å². The van der Waals surface area contributed by atoms with Crippen molar-refractivity contribution in [3.05, 3.63) is 0 Å². The van der Waals surface area contributed by atoms with Gasteiger partial charge in [0.05, 0.1) is 13.2 Å². The second kappa shape index (κ2) is 6.52. The van der Waals surface area contributed by atoms with Crippen molar-refractivity contribution in [2.24, 2.45) is 5.41 Å². The smallest absolute Gasteiger partial charge is 0.127 e. The third kappa shape index (κ3) is 3.22. The van der Waals surface area contributed by atoms with Gasteiger partial charge >= 0.3 is 0 Å². The molecule has 0 saturated carbocycles. The summed E-state index contributed by atoms with van der Waals surface area (Å²) in [6.07, 6.45) is 4.19. The van der Waals surface area contributed by atoms with Crippen LogP contribution in [0.1, 0.15) is 19.3 Å². The van der Waals surface area contributed by atoms with E-state index in [1.54, 1.807) is 0 Å². The quantitative estimate of drug-likeness (QED) is 0.698. The van der Waals surface area contributed by atoms with Crippen molar-refractivity contribution in [3.8, 4) is 0 Å². The number of ether oxygens (including phenoxy) is 2. The molecule has 0 aromatic rings. The first kappa shape index (κ1) is 14.4. The Bertz CT molecular complexity index is 325. The number of carbonyl (C=O) groups is 1. The molecule has 5 heteroatoms. The third-order valence-corrected chi connectivity index (χ3v) is 5.09. The van der Waals surface area contributed by atoms with E-state index in [9.17, 15) is 4.79 Å². The third-order valence-electron chi connectivity index (χ3n) is 5.09. The molecule has 0 bridgehead atoms. The molecule has 1 unspecified atom stereocenters. The first-order valence-electron chi connectivity index (χ1n) is 7.90. The van der Waals surface area contributed by atoms with Gasteiger partial charge in [-0.3, -0.25) is 4.90 Å². The lowest BCUT2D eigenvalue weighted by molar-refractivity contribution is -0.122. The second-order valence-corrected chi connectivity index (χ2v) is 6.42. The number of aldehydes is 1. The van der Waals surface area contributed by atoms with Crippen LogP contribution in [0.25, 0.3) is 0 Å². The molecule has 3 aliphatic rings. The van der Waals surface area contributed by atoms with Gasteiger partial charge in [-0.05, 0) is 25.8 Å². The highest BCUT2D eigenvalue weighted by atomic mass is 16.5. The summed E-state index contributed by atoms with van der Waals surface area (Å²) in [5, 5.41) is 0. The maximum absolute atomic E-state index is 11.5. The highest BCUT2D eigenvalue weighted by Crippen LogP contribution is 2.31. The summed E-state index contributed by atoms with van der Waals surface area (Å²) < 4.78 is 10.8. The standard InChI is InChI=1S/C15H26N2O3/c18-13-15(2-7-19-8-3-15)12-16-4-1-14(11-16)17-5-9-20-10-6-17/h13-14H,1-12H2. The molecule has 3 saturated heterocycles. The van der Waals surface area contributed by atoms with E-state index in [1.165, 1.54) is 12.7 Å². The Morgan fingerprint density at radius 3 is 2.45 bits per heavy atom. The number of rotatable bonds is 4. The molecule has 3 aliphatic heterocycles. The molecular weight excluding hydrogens is 256 g/mol. The molecule has 20 heavy (non-hydrogen) atoms. The Balaban J connectivity index is 1.52. The molecule has 0 radical (unpaired) electrons. The van der Waals surface area contributed by atoms with E-state index in [0.717, 1.165) is 72.0 Å². The highest BCUT2D eigenvalue weighted by molar-refractivity contribution is 5.60. The largest absolute Gasteiger partial charge is 0.381 e. The van der Waals surface area contributed by atoms with E-state index in [2.05, 4.69) is 9.80 Å². The SMILES string of the molecule is O=CC1(CN2CCC(N3CCOCC3)C2)CCOCC1. The molecule has 0 spiro atoms. The average Bonchev–Trinajstić information content (AvgIpc) is 2.97. The normalized spacial score (nSPS) is 32.3. The fourth-order valence-electron chi connectivity index (χ4n) is 3.73. The van der Waals surface area contributed by atoms with Crippen LogP contribution in [0.5, 0.6) is 0 Å². The first-order chi connectivity index (χ1) is 9.81. The van der Waals surface area contributed by atoms with Gasteiger partial charge in [-0.2, -0.15) is 0 Å². The monoisotopic (exact) mass is 282 g/mol. The molecule has 3 rings (SSSR count). The molecule has 3 heterocycles. The first-order valence-corrected chi connectivity index (χ1v) is 7.90. The van der Waals surface area contributed by atoms with Crippen LogP contribution < -0.4 is 0 Å². The van der Waals surface area contributed by atoms with Gasteiger partial charge in [0.15, 0.2) is 0 Å². The van der Waals surface area contributed by atoms with Crippen molar-refractivity contribution in [2.45, 2.75) is 25.3 Å². The lowest BCUT2D eigenvalue weighted by atomic mass is 9.81. The molecule has 0 aromatic carbocycles. The number of nitrogens with zero attached hydrogens (tertiary/aromatic N) is 2. The summed E-state index contributed by atoms with van der Waals surface area (Å²) in [7, 11) is 0. The minimum atomic E-state index is -0.155. The average molecular weight is 282 g/mol. The van der Waals surface area contributed by atoms with E-state index in [4.69, 9.17) is 9.47 Å². The maximum atomic E-state index is 11.5. The molecule has 5 nitrogen and oxygen atoms in total. The van der Waals surface area contributed by atoms with Crippen LogP contribution in [0.15, 0.2) is 0 Å². The molecule has 0 aromatic heterocycles. The van der Waals surface area contributed by atoms with Crippen LogP contribution in [0.3, 0.4) is 0 Å². The zero-order valence-electron chi connectivity index (χ0n) is 12.3. The van der Waals surface area contributed by atoms with Crippen molar-refractivity contribution in [3.63, 3.8) is 0 Å². The van der Waals surface area contributed by atoms with E-state index in [-0.39, 0.29) is 5.41 Å². The Kier molecular flexibility index (Phi) is 4.71. The second-order valence-electron chi connectivity index (χ2n) is 6.42. The van der Waals surface area contributed by atoms with Crippen LogP contribution in [0.4, 0.5) is 0 Å². The summed E-state index contributed by atoms with van der Waals surface area (Å²) in [4.78, 5) is 16.6. The number of likely N-dealkylation sites (tertiary alicyclic amines) is 1. The predicted octanol–water partition coefficient (Wildman–Crippen LogP) is 0.389. The van der Waals surface area contributed by atoms with Crippen molar-refractivity contribution in [1.29, 1.82) is 0 Å². The minimum Gasteiger partial charge on any atom is -0.381 e. The summed E-state index contributed by atoms with van der Waals surface area (Å²) in [5.41, 5.74) is -0.155. The summed E-state index contributed by atoms with van der Waals surface area (Å²) in [6, 6.07) is 0.655. The molecule has 3 fully saturated rings. The Morgan fingerprint density at radius 2 is 1.75 bits per heavy atom. The molecule has 0 amide bonds. The summed E-state index contributed by atoms with van der Waals surface area (Å²) in [5.74, 6) is 0.